The van der Waals surface area contributed by atoms with E-state index in [-0.39, 0.29) is 24.6 Å². The Balaban J connectivity index is 1.69. The molecule has 2 aliphatic rings. The number of carbonyl (C=O) groups is 2. The molecular weight excluding hydrogens is 524 g/mol. The van der Waals surface area contributed by atoms with Crippen LogP contribution in [-0.2, 0) is 4.79 Å². The fourth-order valence-electron chi connectivity index (χ4n) is 4.61. The molecule has 1 N–H and O–H groups in total. The van der Waals surface area contributed by atoms with Gasteiger partial charge in [0.05, 0.1) is 34.5 Å². The number of carbonyl (C=O) groups excluding carboxylic acids is 2. The fourth-order valence-corrected chi connectivity index (χ4v) is 5.32. The highest BCUT2D eigenvalue weighted by Gasteiger charge is 2.46. The SMILES string of the molecule is CC(C)Oc1cc(C#N)ccc1C1=NC(c2ccc(Cl)cc2)C(c2cscn2)N1C(=O)N1CCNC(=O)C1. The van der Waals surface area contributed by atoms with Gasteiger partial charge in [0.1, 0.15) is 30.2 Å². The van der Waals surface area contributed by atoms with Crippen molar-refractivity contribution in [3.63, 3.8) is 0 Å². The van der Waals surface area contributed by atoms with E-state index in [9.17, 15) is 14.9 Å². The molecule has 0 aliphatic carbocycles. The molecule has 0 radical (unpaired) electrons. The highest BCUT2D eigenvalue weighted by atomic mass is 35.5. The van der Waals surface area contributed by atoms with Gasteiger partial charge in [-0.3, -0.25) is 14.7 Å². The molecule has 2 aliphatic heterocycles. The molecule has 1 saturated heterocycles. The number of aliphatic imine (C=N–C) groups is 1. The Kier molecular flexibility index (Phi) is 7.31. The summed E-state index contributed by atoms with van der Waals surface area (Å²) < 4.78 is 6.09. The van der Waals surface area contributed by atoms with Gasteiger partial charge in [-0.15, -0.1) is 11.3 Å². The monoisotopic (exact) mass is 548 g/mol. The maximum Gasteiger partial charge on any atom is 0.326 e. The van der Waals surface area contributed by atoms with Crippen molar-refractivity contribution in [2.24, 2.45) is 4.99 Å². The van der Waals surface area contributed by atoms with Crippen LogP contribution in [0.2, 0.25) is 5.02 Å². The van der Waals surface area contributed by atoms with E-state index in [4.69, 9.17) is 21.3 Å². The highest BCUT2D eigenvalue weighted by Crippen LogP contribution is 2.45. The third-order valence-corrected chi connectivity index (χ3v) is 7.12. The second-order valence-corrected chi connectivity index (χ2v) is 10.4. The Morgan fingerprint density at radius 1 is 1.26 bits per heavy atom. The van der Waals surface area contributed by atoms with Gasteiger partial charge >= 0.3 is 6.03 Å². The van der Waals surface area contributed by atoms with Crippen molar-refractivity contribution >= 4 is 40.7 Å². The second kappa shape index (κ2) is 10.8. The lowest BCUT2D eigenvalue weighted by atomic mass is 9.98. The minimum atomic E-state index is -0.572. The largest absolute Gasteiger partial charge is 0.490 e. The van der Waals surface area contributed by atoms with Crippen molar-refractivity contribution in [2.75, 3.05) is 19.6 Å². The number of piperazine rings is 1. The van der Waals surface area contributed by atoms with Gasteiger partial charge in [-0.1, -0.05) is 23.7 Å². The lowest BCUT2D eigenvalue weighted by Crippen LogP contribution is -2.55. The normalized spacial score (nSPS) is 19.2. The molecule has 1 aromatic heterocycles. The van der Waals surface area contributed by atoms with E-state index in [0.29, 0.717) is 46.5 Å². The van der Waals surface area contributed by atoms with E-state index in [0.717, 1.165) is 5.56 Å². The van der Waals surface area contributed by atoms with Gasteiger partial charge in [-0.2, -0.15) is 5.26 Å². The van der Waals surface area contributed by atoms with Crippen molar-refractivity contribution in [1.82, 2.24) is 20.1 Å². The Hall–Kier alpha value is -3.94. The predicted molar refractivity (Wildman–Crippen MR) is 144 cm³/mol. The highest BCUT2D eigenvalue weighted by molar-refractivity contribution is 7.07. The molecule has 3 heterocycles. The van der Waals surface area contributed by atoms with Gasteiger partial charge in [-0.25, -0.2) is 9.78 Å². The summed E-state index contributed by atoms with van der Waals surface area (Å²) in [4.78, 5) is 39.1. The minimum absolute atomic E-state index is 0.0548. The van der Waals surface area contributed by atoms with Crippen molar-refractivity contribution < 1.29 is 14.3 Å². The number of amides is 3. The number of nitrogens with one attached hydrogen (secondary N) is 1. The molecule has 3 aromatic rings. The first-order chi connectivity index (χ1) is 18.4. The van der Waals surface area contributed by atoms with Crippen molar-refractivity contribution in [2.45, 2.75) is 32.0 Å². The summed E-state index contributed by atoms with van der Waals surface area (Å²) in [6.07, 6.45) is -0.180. The Morgan fingerprint density at radius 3 is 2.71 bits per heavy atom. The maximum atomic E-state index is 14.2. The van der Waals surface area contributed by atoms with Crippen LogP contribution in [0.1, 0.15) is 48.3 Å². The number of urea groups is 1. The van der Waals surface area contributed by atoms with Crippen molar-refractivity contribution in [3.8, 4) is 11.8 Å². The lowest BCUT2D eigenvalue weighted by molar-refractivity contribution is -0.123. The van der Waals surface area contributed by atoms with Crippen LogP contribution in [0.3, 0.4) is 0 Å². The number of rotatable bonds is 5. The van der Waals surface area contributed by atoms with Crippen LogP contribution in [0.25, 0.3) is 0 Å². The minimum Gasteiger partial charge on any atom is -0.490 e. The van der Waals surface area contributed by atoms with E-state index in [1.807, 2.05) is 31.4 Å². The molecule has 0 spiro atoms. The van der Waals surface area contributed by atoms with Crippen LogP contribution in [0.5, 0.6) is 5.75 Å². The summed E-state index contributed by atoms with van der Waals surface area (Å²) in [6.45, 7) is 4.46. The molecule has 2 aromatic carbocycles. The number of nitriles is 1. The van der Waals surface area contributed by atoms with Gasteiger partial charge in [0.15, 0.2) is 0 Å². The summed E-state index contributed by atoms with van der Waals surface area (Å²) in [6, 6.07) is 13.2. The van der Waals surface area contributed by atoms with E-state index in [2.05, 4.69) is 16.4 Å². The van der Waals surface area contributed by atoms with E-state index in [1.165, 1.54) is 16.2 Å². The molecule has 3 amide bonds. The van der Waals surface area contributed by atoms with Crippen LogP contribution in [0.15, 0.2) is 58.3 Å². The Bertz CT molecular complexity index is 1420. The topological polar surface area (TPSA) is 111 Å². The number of hydrogen-bond acceptors (Lipinski definition) is 7. The zero-order valence-corrected chi connectivity index (χ0v) is 22.4. The number of aromatic nitrogens is 1. The van der Waals surface area contributed by atoms with Gasteiger partial charge in [-0.05, 0) is 49.7 Å². The molecule has 194 valence electrons. The molecule has 9 nitrogen and oxygen atoms in total. The third-order valence-electron chi connectivity index (χ3n) is 6.26. The number of halogens is 1. The number of nitrogens with zero attached hydrogens (tertiary/aromatic N) is 5. The number of thiazole rings is 1. The molecule has 2 unspecified atom stereocenters. The molecular formula is C27H25ClN6O3S. The van der Waals surface area contributed by atoms with Crippen molar-refractivity contribution in [3.05, 3.63) is 80.8 Å². The predicted octanol–water partition coefficient (Wildman–Crippen LogP) is 4.55. The summed E-state index contributed by atoms with van der Waals surface area (Å²) in [5.74, 6) is 0.615. The average Bonchev–Trinajstić information content (AvgIpc) is 3.56. The van der Waals surface area contributed by atoms with Gasteiger partial charge in [0.2, 0.25) is 5.91 Å². The molecule has 11 heteroatoms. The summed E-state index contributed by atoms with van der Waals surface area (Å²) in [5.41, 5.74) is 4.27. The van der Waals surface area contributed by atoms with E-state index < -0.39 is 12.1 Å². The Labute approximate surface area is 229 Å². The maximum absolute atomic E-state index is 14.2. The van der Waals surface area contributed by atoms with Crippen LogP contribution >= 0.6 is 22.9 Å². The zero-order valence-electron chi connectivity index (χ0n) is 20.8. The van der Waals surface area contributed by atoms with Crippen LogP contribution in [0, 0.1) is 11.3 Å². The van der Waals surface area contributed by atoms with Crippen LogP contribution in [-0.4, -0.2) is 58.3 Å². The number of hydrogen-bond donors (Lipinski definition) is 1. The first kappa shape index (κ1) is 25.7. The number of benzene rings is 2. The van der Waals surface area contributed by atoms with Crippen LogP contribution < -0.4 is 10.1 Å². The summed E-state index contributed by atoms with van der Waals surface area (Å²) in [7, 11) is 0. The van der Waals surface area contributed by atoms with Crippen LogP contribution in [0.4, 0.5) is 4.79 Å². The lowest BCUT2D eigenvalue weighted by Gasteiger charge is -2.35. The summed E-state index contributed by atoms with van der Waals surface area (Å²) >= 11 is 7.60. The van der Waals surface area contributed by atoms with Gasteiger partial charge < -0.3 is 15.0 Å². The van der Waals surface area contributed by atoms with E-state index >= 15 is 0 Å². The zero-order chi connectivity index (χ0) is 26.8. The van der Waals surface area contributed by atoms with Gasteiger partial charge in [0.25, 0.3) is 0 Å². The molecule has 0 bridgehead atoms. The third kappa shape index (κ3) is 5.08. The van der Waals surface area contributed by atoms with E-state index in [1.54, 1.807) is 40.7 Å². The Morgan fingerprint density at radius 2 is 2.05 bits per heavy atom. The molecule has 1 fully saturated rings. The molecule has 5 rings (SSSR count). The molecule has 2 atom stereocenters. The molecule has 0 saturated carbocycles. The smallest absolute Gasteiger partial charge is 0.326 e. The first-order valence-corrected chi connectivity index (χ1v) is 13.4. The van der Waals surface area contributed by atoms with Crippen molar-refractivity contribution in [1.29, 1.82) is 5.26 Å². The quantitative estimate of drug-likeness (QED) is 0.503. The number of ether oxygens (including phenoxy) is 1. The first-order valence-electron chi connectivity index (χ1n) is 12.1. The second-order valence-electron chi connectivity index (χ2n) is 9.22. The number of amidine groups is 1. The molecule has 38 heavy (non-hydrogen) atoms. The summed E-state index contributed by atoms with van der Waals surface area (Å²) in [5, 5.41) is 14.8. The average molecular weight is 549 g/mol. The standard InChI is InChI=1S/C27H25ClN6O3S/c1-16(2)37-22-11-17(12-29)3-8-20(22)26-32-24(18-4-6-19(28)7-5-18)25(21-14-38-15-31-21)34(26)27(36)33-10-9-30-23(35)13-33/h3-8,11,14-16,24-25H,9-10,13H2,1-2H3,(H,30,35). The fraction of sp³-hybridized carbons (Fsp3) is 0.296. The van der Waals surface area contributed by atoms with Gasteiger partial charge in [0, 0.05) is 23.5 Å².